The Morgan fingerprint density at radius 2 is 2.00 bits per heavy atom. The first-order valence-corrected chi connectivity index (χ1v) is 15.6. The summed E-state index contributed by atoms with van der Waals surface area (Å²) in [4.78, 5) is 24.7. The van der Waals surface area contributed by atoms with E-state index < -0.39 is 0 Å². The third-order valence-electron chi connectivity index (χ3n) is 7.44. The van der Waals surface area contributed by atoms with Gasteiger partial charge in [0.2, 0.25) is 0 Å². The number of nitrogens with zero attached hydrogens (tertiary/aromatic N) is 6. The number of likely N-dealkylation sites (tertiary alicyclic amines) is 1. The molecule has 0 aliphatic carbocycles. The number of carbonyl (C=O) groups is 1. The fourth-order valence-corrected chi connectivity index (χ4v) is 7.41. The summed E-state index contributed by atoms with van der Waals surface area (Å²) in [6.07, 6.45) is 2.73. The van der Waals surface area contributed by atoms with Crippen LogP contribution in [0.4, 0.5) is 15.0 Å². The van der Waals surface area contributed by atoms with Gasteiger partial charge >= 0.3 is 6.03 Å². The fourth-order valence-electron chi connectivity index (χ4n) is 5.30. The highest BCUT2D eigenvalue weighted by Gasteiger charge is 2.38. The van der Waals surface area contributed by atoms with E-state index in [4.69, 9.17) is 4.98 Å². The quantitative estimate of drug-likeness (QED) is 0.447. The number of anilines is 1. The zero-order valence-electron chi connectivity index (χ0n) is 24.4. The summed E-state index contributed by atoms with van der Waals surface area (Å²) in [7, 11) is 3.88. The Morgan fingerprint density at radius 1 is 1.27 bits per heavy atom. The molecule has 220 valence electrons. The third kappa shape index (κ3) is 6.10. The maximum absolute atomic E-state index is 13.5. The molecule has 3 aliphatic rings. The van der Waals surface area contributed by atoms with Gasteiger partial charge in [0, 0.05) is 38.8 Å². The number of fused-ring (bicyclic) bond motifs is 1. The van der Waals surface area contributed by atoms with Crippen molar-refractivity contribution in [3.05, 3.63) is 46.2 Å². The molecule has 1 aromatic carbocycles. The first-order valence-electron chi connectivity index (χ1n) is 13.9. The van der Waals surface area contributed by atoms with Gasteiger partial charge in [-0.05, 0) is 81.6 Å². The molecule has 0 saturated carbocycles. The second kappa shape index (κ2) is 11.7. The molecular formula is C28H38FN9OS2. The Morgan fingerprint density at radius 3 is 2.66 bits per heavy atom. The lowest BCUT2D eigenvalue weighted by Gasteiger charge is -2.40. The number of piperidine rings is 1. The number of aromatic nitrogens is 2. The van der Waals surface area contributed by atoms with Crippen LogP contribution in [0.5, 0.6) is 0 Å². The molecule has 3 atom stereocenters. The molecule has 4 heterocycles. The lowest BCUT2D eigenvalue weighted by molar-refractivity contribution is 0.119. The van der Waals surface area contributed by atoms with E-state index in [-0.39, 0.29) is 34.4 Å². The van der Waals surface area contributed by atoms with E-state index in [9.17, 15) is 14.4 Å². The molecule has 10 nitrogen and oxygen atoms in total. The molecule has 3 unspecified atom stereocenters. The summed E-state index contributed by atoms with van der Waals surface area (Å²) in [6.45, 7) is 9.77. The number of hydrogen-bond acceptors (Lipinski definition) is 9. The van der Waals surface area contributed by atoms with Crippen molar-refractivity contribution in [2.75, 3.05) is 37.5 Å². The van der Waals surface area contributed by atoms with Crippen LogP contribution >= 0.6 is 23.5 Å². The summed E-state index contributed by atoms with van der Waals surface area (Å²) in [6, 6.07) is 8.55. The molecule has 13 heteroatoms. The molecule has 2 amide bonds. The normalized spacial score (nSPS) is 22.5. The number of benzene rings is 1. The highest BCUT2D eigenvalue weighted by molar-refractivity contribution is 8.04. The Hall–Kier alpha value is -3.08. The number of hydrogen-bond donors (Lipinski definition) is 3. The van der Waals surface area contributed by atoms with Gasteiger partial charge in [0.1, 0.15) is 22.3 Å². The topological polar surface area (TPSA) is 104 Å². The van der Waals surface area contributed by atoms with Crippen LogP contribution in [0.3, 0.4) is 0 Å². The number of amides is 2. The zero-order chi connectivity index (χ0) is 29.5. The standard InChI is InChI=1S/C28H38FN9OS2/c1-7-20-23(36(6)25-32-22(21(15-30)40-25)17-10-12-18(29)13-11-17)38-26(31-20)41-27(34-38)37-14-8-9-19(16-37)35(5)24(39)33-28(2,3)4/h10-13,19,25,27,32,34H,7-9,14,16H2,1-6H3,(H,33,39). The Balaban J connectivity index is 1.30. The monoisotopic (exact) mass is 599 g/mol. The predicted octanol–water partition coefficient (Wildman–Crippen LogP) is 4.37. The number of imidazole rings is 1. The first-order chi connectivity index (χ1) is 19.5. The fraction of sp³-hybridized carbons (Fsp3) is 0.536. The van der Waals surface area contributed by atoms with Crippen molar-refractivity contribution in [3.8, 4) is 6.07 Å². The summed E-state index contributed by atoms with van der Waals surface area (Å²) < 4.78 is 15.6. The molecule has 5 rings (SSSR count). The van der Waals surface area contributed by atoms with Gasteiger partial charge in [-0.2, -0.15) is 5.26 Å². The molecule has 0 spiro atoms. The minimum atomic E-state index is -0.312. The van der Waals surface area contributed by atoms with Crippen molar-refractivity contribution < 1.29 is 9.18 Å². The Labute approximate surface area is 249 Å². The van der Waals surface area contributed by atoms with E-state index in [1.807, 2.05) is 39.8 Å². The number of thioether (sulfide) groups is 2. The maximum Gasteiger partial charge on any atom is 0.317 e. The summed E-state index contributed by atoms with van der Waals surface area (Å²) in [5.41, 5.74) is 5.56. The largest absolute Gasteiger partial charge is 0.354 e. The number of urea groups is 1. The van der Waals surface area contributed by atoms with Gasteiger partial charge in [-0.1, -0.05) is 18.7 Å². The highest BCUT2D eigenvalue weighted by Crippen LogP contribution is 2.41. The molecule has 2 aromatic rings. The predicted molar refractivity (Wildman–Crippen MR) is 163 cm³/mol. The van der Waals surface area contributed by atoms with E-state index in [1.54, 1.807) is 23.9 Å². The smallest absolute Gasteiger partial charge is 0.317 e. The van der Waals surface area contributed by atoms with E-state index >= 15 is 0 Å². The minimum Gasteiger partial charge on any atom is -0.354 e. The highest BCUT2D eigenvalue weighted by atomic mass is 32.2. The summed E-state index contributed by atoms with van der Waals surface area (Å²) in [5.74, 6) is 0.628. The summed E-state index contributed by atoms with van der Waals surface area (Å²) in [5, 5.41) is 17.3. The molecule has 3 aliphatic heterocycles. The number of likely N-dealkylation sites (N-methyl/N-ethyl adjacent to an activating group) is 1. The van der Waals surface area contributed by atoms with Crippen molar-refractivity contribution >= 4 is 41.1 Å². The van der Waals surface area contributed by atoms with Crippen LogP contribution < -0.4 is 21.0 Å². The number of nitrogens with one attached hydrogen (secondary N) is 3. The minimum absolute atomic E-state index is 0.0100. The van der Waals surface area contributed by atoms with Crippen LogP contribution in [0.25, 0.3) is 5.70 Å². The van der Waals surface area contributed by atoms with E-state index in [0.29, 0.717) is 10.6 Å². The van der Waals surface area contributed by atoms with Crippen LogP contribution in [0.1, 0.15) is 51.8 Å². The Bertz CT molecular complexity index is 1360. The molecule has 3 N–H and O–H groups in total. The third-order valence-corrected chi connectivity index (χ3v) is 9.74. The van der Waals surface area contributed by atoms with Crippen LogP contribution in [-0.4, -0.2) is 75.3 Å². The zero-order valence-corrected chi connectivity index (χ0v) is 26.0. The van der Waals surface area contributed by atoms with Crippen LogP contribution in [0, 0.1) is 17.1 Å². The second-order valence-electron chi connectivity index (χ2n) is 11.6. The number of nitriles is 1. The van der Waals surface area contributed by atoms with Crippen LogP contribution in [0.2, 0.25) is 0 Å². The Kier molecular flexibility index (Phi) is 8.36. The number of aryl methyl sites for hydroxylation is 1. The molecule has 1 saturated heterocycles. The lowest BCUT2D eigenvalue weighted by atomic mass is 10.0. The van der Waals surface area contributed by atoms with E-state index in [0.717, 1.165) is 54.6 Å². The molecule has 1 fully saturated rings. The van der Waals surface area contributed by atoms with Crippen molar-refractivity contribution in [1.29, 1.82) is 5.26 Å². The van der Waals surface area contributed by atoms with Gasteiger partial charge in [0.25, 0.3) is 0 Å². The van der Waals surface area contributed by atoms with E-state index in [1.165, 1.54) is 23.9 Å². The maximum atomic E-state index is 13.5. The van der Waals surface area contributed by atoms with Gasteiger partial charge < -0.3 is 20.4 Å². The van der Waals surface area contributed by atoms with Gasteiger partial charge in [-0.25, -0.2) is 18.8 Å². The molecule has 1 aromatic heterocycles. The van der Waals surface area contributed by atoms with Crippen molar-refractivity contribution in [3.63, 3.8) is 0 Å². The van der Waals surface area contributed by atoms with Crippen molar-refractivity contribution in [2.45, 2.75) is 74.7 Å². The number of allylic oxidation sites excluding steroid dienone is 1. The van der Waals surface area contributed by atoms with Crippen molar-refractivity contribution in [1.82, 2.24) is 30.1 Å². The number of carbonyl (C=O) groups excluding carboxylic acids is 1. The average Bonchev–Trinajstić information content (AvgIpc) is 3.64. The molecule has 41 heavy (non-hydrogen) atoms. The van der Waals surface area contributed by atoms with E-state index in [2.05, 4.69) is 43.5 Å². The number of halogens is 1. The van der Waals surface area contributed by atoms with Crippen molar-refractivity contribution in [2.24, 2.45) is 0 Å². The molecular weight excluding hydrogens is 562 g/mol. The average molecular weight is 600 g/mol. The molecule has 0 bridgehead atoms. The second-order valence-corrected chi connectivity index (χ2v) is 13.7. The van der Waals surface area contributed by atoms with Crippen LogP contribution in [-0.2, 0) is 6.42 Å². The van der Waals surface area contributed by atoms with Gasteiger partial charge in [0.05, 0.1) is 11.4 Å². The van der Waals surface area contributed by atoms with Gasteiger partial charge in [0.15, 0.2) is 16.5 Å². The summed E-state index contributed by atoms with van der Waals surface area (Å²) >= 11 is 3.12. The van der Waals surface area contributed by atoms with Gasteiger partial charge in [-0.15, -0.1) is 0 Å². The SMILES string of the molecule is CCc1nc2n(c1N(C)C1NC(c3ccc(F)cc3)=C(C#N)S1)NC(N1CCCC(N(C)C(=O)NC(C)(C)C)C1)S2. The molecule has 0 radical (unpaired) electrons. The number of rotatable bonds is 6. The van der Waals surface area contributed by atoms with Crippen LogP contribution in [0.15, 0.2) is 34.3 Å². The first kappa shape index (κ1) is 29.4. The van der Waals surface area contributed by atoms with Gasteiger partial charge in [-0.3, -0.25) is 10.3 Å². The lowest BCUT2D eigenvalue weighted by Crippen LogP contribution is -2.56.